The zero-order chi connectivity index (χ0) is 18.7. The summed E-state index contributed by atoms with van der Waals surface area (Å²) in [6.45, 7) is 1.68. The van der Waals surface area contributed by atoms with Gasteiger partial charge in [-0.25, -0.2) is 9.97 Å². The number of aliphatic carboxylic acids is 1. The second-order valence-corrected chi connectivity index (χ2v) is 6.69. The number of carboxylic acid groups (broad SMARTS) is 1. The van der Waals surface area contributed by atoms with E-state index in [0.29, 0.717) is 22.4 Å². The summed E-state index contributed by atoms with van der Waals surface area (Å²) in [7, 11) is 3.17. The maximum absolute atomic E-state index is 11.1. The van der Waals surface area contributed by atoms with Gasteiger partial charge in [-0.15, -0.1) is 0 Å². The molecule has 8 heteroatoms. The van der Waals surface area contributed by atoms with Crippen LogP contribution < -0.4 is 9.47 Å². The van der Waals surface area contributed by atoms with Gasteiger partial charge in [0.2, 0.25) is 0 Å². The fourth-order valence-corrected chi connectivity index (χ4v) is 3.41. The number of benzene rings is 1. The van der Waals surface area contributed by atoms with Crippen molar-refractivity contribution in [3.05, 3.63) is 36.7 Å². The first-order valence-corrected chi connectivity index (χ1v) is 8.94. The number of carbonyl (C=O) groups is 1. The first kappa shape index (κ1) is 18.1. The maximum atomic E-state index is 11.1. The normalized spacial score (nSPS) is 12.1. The standard InChI is InChI=1S/C18H19N3O4S/c1-11(17(22)23)10-26-18-20-13(9-16-19-6-7-21(16)18)12-4-5-14(24-2)15(8-12)25-3/h4-9,11H,10H2,1-3H3,(H,22,23). The third kappa shape index (κ3) is 3.60. The molecule has 1 aromatic carbocycles. The van der Waals surface area contributed by atoms with Gasteiger partial charge in [-0.1, -0.05) is 18.7 Å². The Morgan fingerprint density at radius 3 is 2.73 bits per heavy atom. The van der Waals surface area contributed by atoms with E-state index in [1.807, 2.05) is 34.9 Å². The van der Waals surface area contributed by atoms with Crippen LogP contribution in [0, 0.1) is 5.92 Å². The van der Waals surface area contributed by atoms with Crippen molar-refractivity contribution in [1.82, 2.24) is 14.4 Å². The Morgan fingerprint density at radius 1 is 1.27 bits per heavy atom. The smallest absolute Gasteiger partial charge is 0.307 e. The molecule has 0 radical (unpaired) electrons. The van der Waals surface area contributed by atoms with E-state index in [-0.39, 0.29) is 0 Å². The third-order valence-electron chi connectivity index (χ3n) is 3.92. The first-order chi connectivity index (χ1) is 12.5. The molecule has 0 aliphatic rings. The quantitative estimate of drug-likeness (QED) is 0.503. The molecule has 2 aromatic heterocycles. The topological polar surface area (TPSA) is 86.0 Å². The van der Waals surface area contributed by atoms with E-state index in [9.17, 15) is 4.79 Å². The van der Waals surface area contributed by atoms with Crippen LogP contribution >= 0.6 is 11.8 Å². The van der Waals surface area contributed by atoms with Gasteiger partial charge >= 0.3 is 5.97 Å². The van der Waals surface area contributed by atoms with Crippen LogP contribution in [0.4, 0.5) is 0 Å². The number of aromatic nitrogens is 3. The van der Waals surface area contributed by atoms with Crippen molar-refractivity contribution >= 4 is 23.4 Å². The molecule has 1 atom stereocenters. The highest BCUT2D eigenvalue weighted by atomic mass is 32.2. The van der Waals surface area contributed by atoms with Crippen LogP contribution in [0.1, 0.15) is 6.92 Å². The van der Waals surface area contributed by atoms with Crippen molar-refractivity contribution < 1.29 is 19.4 Å². The summed E-state index contributed by atoms with van der Waals surface area (Å²) in [5.74, 6) is 0.387. The maximum Gasteiger partial charge on any atom is 0.307 e. The molecular weight excluding hydrogens is 354 g/mol. The average Bonchev–Trinajstić information content (AvgIpc) is 3.13. The van der Waals surface area contributed by atoms with E-state index in [2.05, 4.69) is 4.98 Å². The molecule has 0 saturated heterocycles. The van der Waals surface area contributed by atoms with E-state index in [0.717, 1.165) is 16.9 Å². The van der Waals surface area contributed by atoms with Crippen molar-refractivity contribution in [2.75, 3.05) is 20.0 Å². The number of hydrogen-bond acceptors (Lipinski definition) is 6. The third-order valence-corrected chi connectivity index (χ3v) is 5.13. The molecule has 0 amide bonds. The number of imidazole rings is 1. The van der Waals surface area contributed by atoms with Crippen molar-refractivity contribution in [1.29, 1.82) is 0 Å². The molecule has 26 heavy (non-hydrogen) atoms. The van der Waals surface area contributed by atoms with Crippen LogP contribution in [0.15, 0.2) is 41.8 Å². The number of rotatable bonds is 7. The largest absolute Gasteiger partial charge is 0.493 e. The van der Waals surface area contributed by atoms with Gasteiger partial charge in [-0.3, -0.25) is 9.20 Å². The summed E-state index contributed by atoms with van der Waals surface area (Å²) in [4.78, 5) is 20.1. The van der Waals surface area contributed by atoms with Crippen LogP contribution in [0.25, 0.3) is 16.9 Å². The van der Waals surface area contributed by atoms with Crippen molar-refractivity contribution in [3.8, 4) is 22.8 Å². The molecule has 3 rings (SSSR count). The summed E-state index contributed by atoms with van der Waals surface area (Å²) in [6.07, 6.45) is 3.51. The molecule has 0 fully saturated rings. The van der Waals surface area contributed by atoms with Crippen LogP contribution in [-0.2, 0) is 4.79 Å². The lowest BCUT2D eigenvalue weighted by atomic mass is 10.1. The van der Waals surface area contributed by atoms with Crippen LogP contribution in [-0.4, -0.2) is 45.4 Å². The van der Waals surface area contributed by atoms with E-state index in [1.54, 1.807) is 27.3 Å². The molecule has 3 aromatic rings. The molecule has 1 unspecified atom stereocenters. The summed E-state index contributed by atoms with van der Waals surface area (Å²) in [5.41, 5.74) is 2.34. The Bertz CT molecular complexity index is 941. The Labute approximate surface area is 155 Å². The van der Waals surface area contributed by atoms with Gasteiger partial charge in [0.1, 0.15) is 5.65 Å². The minimum absolute atomic E-state index is 0.422. The molecule has 1 N–H and O–H groups in total. The molecule has 0 bridgehead atoms. The van der Waals surface area contributed by atoms with Crippen molar-refractivity contribution in [2.45, 2.75) is 12.1 Å². The van der Waals surface area contributed by atoms with Gasteiger partial charge in [0.25, 0.3) is 0 Å². The fourth-order valence-electron chi connectivity index (χ4n) is 2.41. The van der Waals surface area contributed by atoms with Gasteiger partial charge in [0.05, 0.1) is 25.8 Å². The van der Waals surface area contributed by atoms with Crippen LogP contribution in [0.5, 0.6) is 11.5 Å². The number of hydrogen-bond donors (Lipinski definition) is 1. The monoisotopic (exact) mass is 373 g/mol. The molecule has 2 heterocycles. The summed E-state index contributed by atoms with van der Waals surface area (Å²) in [6, 6.07) is 7.46. The molecule has 7 nitrogen and oxygen atoms in total. The van der Waals surface area contributed by atoms with Gasteiger partial charge in [0, 0.05) is 29.8 Å². The first-order valence-electron chi connectivity index (χ1n) is 7.95. The molecular formula is C18H19N3O4S. The zero-order valence-corrected chi connectivity index (χ0v) is 15.5. The average molecular weight is 373 g/mol. The number of thioether (sulfide) groups is 1. The lowest BCUT2D eigenvalue weighted by Crippen LogP contribution is -2.12. The highest BCUT2D eigenvalue weighted by Crippen LogP contribution is 2.33. The number of fused-ring (bicyclic) bond motifs is 1. The second-order valence-electron chi connectivity index (χ2n) is 5.70. The highest BCUT2D eigenvalue weighted by Gasteiger charge is 2.15. The van der Waals surface area contributed by atoms with Crippen molar-refractivity contribution in [2.24, 2.45) is 5.92 Å². The van der Waals surface area contributed by atoms with Crippen LogP contribution in [0.2, 0.25) is 0 Å². The van der Waals surface area contributed by atoms with Gasteiger partial charge in [-0.2, -0.15) is 0 Å². The number of nitrogens with zero attached hydrogens (tertiary/aromatic N) is 3. The minimum Gasteiger partial charge on any atom is -0.493 e. The Hall–Kier alpha value is -2.74. The van der Waals surface area contributed by atoms with E-state index in [1.165, 1.54) is 11.8 Å². The van der Waals surface area contributed by atoms with Gasteiger partial charge in [0.15, 0.2) is 16.7 Å². The predicted octanol–water partition coefficient (Wildman–Crippen LogP) is 3.23. The molecule has 0 saturated carbocycles. The highest BCUT2D eigenvalue weighted by molar-refractivity contribution is 7.99. The predicted molar refractivity (Wildman–Crippen MR) is 99.1 cm³/mol. The zero-order valence-electron chi connectivity index (χ0n) is 14.7. The SMILES string of the molecule is COc1ccc(-c2cc3nccn3c(SCC(C)C(=O)O)n2)cc1OC. The van der Waals surface area contributed by atoms with Gasteiger partial charge < -0.3 is 14.6 Å². The molecule has 0 aliphatic carbocycles. The summed E-state index contributed by atoms with van der Waals surface area (Å²) in [5, 5.41) is 9.79. The molecule has 0 aliphatic heterocycles. The Kier molecular flexibility index (Phi) is 5.32. The van der Waals surface area contributed by atoms with E-state index >= 15 is 0 Å². The van der Waals surface area contributed by atoms with Gasteiger partial charge in [-0.05, 0) is 18.2 Å². The number of methoxy groups -OCH3 is 2. The minimum atomic E-state index is -0.824. The van der Waals surface area contributed by atoms with Crippen LogP contribution in [0.3, 0.4) is 0 Å². The Balaban J connectivity index is 2.00. The molecule has 0 spiro atoms. The summed E-state index contributed by atoms with van der Waals surface area (Å²) < 4.78 is 12.5. The number of carboxylic acids is 1. The lowest BCUT2D eigenvalue weighted by molar-refractivity contribution is -0.140. The second kappa shape index (κ2) is 7.65. The molecule has 136 valence electrons. The van der Waals surface area contributed by atoms with E-state index < -0.39 is 11.9 Å². The lowest BCUT2D eigenvalue weighted by Gasteiger charge is -2.12. The fraction of sp³-hybridized carbons (Fsp3) is 0.278. The van der Waals surface area contributed by atoms with Crippen molar-refractivity contribution in [3.63, 3.8) is 0 Å². The number of ether oxygens (including phenoxy) is 2. The summed E-state index contributed by atoms with van der Waals surface area (Å²) >= 11 is 1.39. The Morgan fingerprint density at radius 2 is 2.04 bits per heavy atom. The van der Waals surface area contributed by atoms with E-state index in [4.69, 9.17) is 19.6 Å².